The lowest BCUT2D eigenvalue weighted by Gasteiger charge is -2.66. The first kappa shape index (κ1) is 18.5. The Morgan fingerprint density at radius 2 is 1.81 bits per heavy atom. The van der Waals surface area contributed by atoms with Gasteiger partial charge in [0.25, 0.3) is 0 Å². The van der Waals surface area contributed by atoms with Crippen LogP contribution in [-0.2, 0) is 19.0 Å². The Balaban J connectivity index is 1.68. The summed E-state index contributed by atoms with van der Waals surface area (Å²) in [6.07, 6.45) is -7.96. The zero-order valence-electron chi connectivity index (χ0n) is 14.2. The summed E-state index contributed by atoms with van der Waals surface area (Å²) < 4.78 is 16.9. The van der Waals surface area contributed by atoms with Crippen molar-refractivity contribution in [3.8, 4) is 0 Å². The summed E-state index contributed by atoms with van der Waals surface area (Å²) in [5, 5.41) is 59.8. The van der Waals surface area contributed by atoms with Gasteiger partial charge in [0.15, 0.2) is 6.29 Å². The van der Waals surface area contributed by atoms with Crippen molar-refractivity contribution in [3.05, 3.63) is 0 Å². The van der Waals surface area contributed by atoms with E-state index in [1.54, 1.807) is 6.92 Å². The first-order valence-electron chi connectivity index (χ1n) is 8.68. The largest absolute Gasteiger partial charge is 0.456 e. The van der Waals surface area contributed by atoms with Crippen molar-refractivity contribution in [3.63, 3.8) is 0 Å². The van der Waals surface area contributed by atoms with Crippen LogP contribution in [0.5, 0.6) is 0 Å². The van der Waals surface area contributed by atoms with Crippen molar-refractivity contribution in [1.82, 2.24) is 0 Å². The molecule has 3 aliphatic carbocycles. The van der Waals surface area contributed by atoms with Gasteiger partial charge < -0.3 is 44.8 Å². The van der Waals surface area contributed by atoms with Crippen molar-refractivity contribution in [1.29, 1.82) is 0 Å². The normalized spacial score (nSPS) is 58.3. The predicted molar refractivity (Wildman–Crippen MR) is 80.3 cm³/mol. The molecule has 26 heavy (non-hydrogen) atoms. The van der Waals surface area contributed by atoms with Gasteiger partial charge in [-0.3, -0.25) is 4.79 Å². The van der Waals surface area contributed by atoms with E-state index in [1.165, 1.54) is 0 Å². The first-order valence-corrected chi connectivity index (χ1v) is 8.68. The number of hydrogen-bond acceptors (Lipinski definition) is 10. The van der Waals surface area contributed by atoms with Crippen LogP contribution in [-0.4, -0.2) is 97.8 Å². The molecule has 0 aromatic rings. The molecular formula is C16H24O10. The molecule has 10 atom stereocenters. The molecule has 3 saturated carbocycles. The Hall–Kier alpha value is -0.850. The Morgan fingerprint density at radius 3 is 2.42 bits per heavy atom. The van der Waals surface area contributed by atoms with Crippen LogP contribution in [0.2, 0.25) is 0 Å². The summed E-state index contributed by atoms with van der Waals surface area (Å²) in [5.41, 5.74) is -4.10. The number of fused-ring (bicyclic) bond motifs is 1. The van der Waals surface area contributed by atoms with E-state index in [1.807, 2.05) is 0 Å². The topological polar surface area (TPSA) is 166 Å². The number of carbonyl (C=O) groups is 1. The van der Waals surface area contributed by atoms with Gasteiger partial charge in [-0.05, 0) is 13.3 Å². The molecule has 0 aromatic carbocycles. The van der Waals surface area contributed by atoms with Gasteiger partial charge >= 0.3 is 5.97 Å². The summed E-state index contributed by atoms with van der Waals surface area (Å²) in [4.78, 5) is 12.6. The van der Waals surface area contributed by atoms with E-state index in [9.17, 15) is 35.4 Å². The lowest BCUT2D eigenvalue weighted by molar-refractivity contribution is -0.394. The van der Waals surface area contributed by atoms with Crippen LogP contribution in [0.25, 0.3) is 0 Å². The SMILES string of the molecule is C[C@]12C[C@H](O)[C@@H]3C[C@@]1(O[C@@H]1O[C@H](CO)[C@@H](O)[C@H](O)[C@H]1O)[C@]3(CO)C(=O)O2. The number of rotatable bonds is 4. The smallest absolute Gasteiger partial charge is 0.318 e. The van der Waals surface area contributed by atoms with Crippen LogP contribution in [0.4, 0.5) is 0 Å². The molecule has 0 aromatic heterocycles. The van der Waals surface area contributed by atoms with Crippen molar-refractivity contribution in [2.45, 2.75) is 67.8 Å². The van der Waals surface area contributed by atoms with E-state index in [2.05, 4.69) is 0 Å². The highest BCUT2D eigenvalue weighted by atomic mass is 16.7. The van der Waals surface area contributed by atoms with E-state index >= 15 is 0 Å². The third-order valence-electron chi connectivity index (χ3n) is 6.88. The Labute approximate surface area is 148 Å². The maximum Gasteiger partial charge on any atom is 0.318 e. The summed E-state index contributed by atoms with van der Waals surface area (Å²) >= 11 is 0. The Morgan fingerprint density at radius 1 is 1.12 bits per heavy atom. The summed E-state index contributed by atoms with van der Waals surface area (Å²) in [6, 6.07) is 0. The number of aliphatic hydroxyl groups excluding tert-OH is 6. The quantitative estimate of drug-likeness (QED) is 0.273. The highest BCUT2D eigenvalue weighted by Gasteiger charge is 2.88. The summed E-state index contributed by atoms with van der Waals surface area (Å²) in [6.45, 7) is 0.364. The molecule has 5 aliphatic rings. The molecule has 6 N–H and O–H groups in total. The van der Waals surface area contributed by atoms with Gasteiger partial charge in [-0.1, -0.05) is 0 Å². The maximum absolute atomic E-state index is 12.6. The zero-order valence-corrected chi connectivity index (χ0v) is 14.2. The maximum atomic E-state index is 12.6. The molecule has 2 saturated heterocycles. The molecule has 10 nitrogen and oxygen atoms in total. The molecule has 2 aliphatic heterocycles. The molecule has 10 heteroatoms. The minimum atomic E-state index is -1.64. The molecule has 5 fully saturated rings. The molecule has 0 amide bonds. The molecule has 5 rings (SSSR count). The number of esters is 1. The van der Waals surface area contributed by atoms with Gasteiger partial charge in [-0.2, -0.15) is 0 Å². The third-order valence-corrected chi connectivity index (χ3v) is 6.88. The molecule has 148 valence electrons. The molecule has 4 bridgehead atoms. The van der Waals surface area contributed by atoms with E-state index in [0.717, 1.165) is 0 Å². The van der Waals surface area contributed by atoms with Crippen molar-refractivity contribution >= 4 is 5.97 Å². The van der Waals surface area contributed by atoms with Crippen molar-refractivity contribution < 1.29 is 49.6 Å². The van der Waals surface area contributed by atoms with Gasteiger partial charge in [0, 0.05) is 12.3 Å². The van der Waals surface area contributed by atoms with E-state index < -0.39 is 78.5 Å². The number of hydrogen-bond donors (Lipinski definition) is 6. The second-order valence-electron chi connectivity index (χ2n) is 7.97. The minimum absolute atomic E-state index is 0.0998. The number of aliphatic hydroxyl groups is 6. The third kappa shape index (κ3) is 1.86. The van der Waals surface area contributed by atoms with Gasteiger partial charge in [-0.25, -0.2) is 0 Å². The van der Waals surface area contributed by atoms with E-state index in [4.69, 9.17) is 14.2 Å². The second-order valence-corrected chi connectivity index (χ2v) is 7.97. The van der Waals surface area contributed by atoms with Crippen molar-refractivity contribution in [2.75, 3.05) is 13.2 Å². The monoisotopic (exact) mass is 376 g/mol. The molecule has 0 spiro atoms. The average molecular weight is 376 g/mol. The predicted octanol–water partition coefficient (Wildman–Crippen LogP) is -3.38. The Kier molecular flexibility index (Phi) is 3.97. The number of carbonyl (C=O) groups excluding carboxylic acids is 1. The van der Waals surface area contributed by atoms with Crippen LogP contribution in [0.1, 0.15) is 19.8 Å². The lowest BCUT2D eigenvalue weighted by Crippen LogP contribution is -2.80. The second kappa shape index (κ2) is 5.58. The van der Waals surface area contributed by atoms with Crippen LogP contribution in [0.15, 0.2) is 0 Å². The minimum Gasteiger partial charge on any atom is -0.456 e. The van der Waals surface area contributed by atoms with E-state index in [-0.39, 0.29) is 12.8 Å². The van der Waals surface area contributed by atoms with Gasteiger partial charge in [0.1, 0.15) is 41.0 Å². The van der Waals surface area contributed by atoms with Crippen LogP contribution >= 0.6 is 0 Å². The zero-order chi connectivity index (χ0) is 19.1. The molecular weight excluding hydrogens is 352 g/mol. The van der Waals surface area contributed by atoms with E-state index in [0.29, 0.717) is 0 Å². The molecule has 2 heterocycles. The first-order chi connectivity index (χ1) is 12.2. The van der Waals surface area contributed by atoms with Crippen LogP contribution in [0.3, 0.4) is 0 Å². The van der Waals surface area contributed by atoms with Gasteiger partial charge in [0.05, 0.1) is 19.3 Å². The van der Waals surface area contributed by atoms with Crippen LogP contribution < -0.4 is 0 Å². The van der Waals surface area contributed by atoms with Gasteiger partial charge in [-0.15, -0.1) is 0 Å². The summed E-state index contributed by atoms with van der Waals surface area (Å²) in [5.74, 6) is -1.24. The highest BCUT2D eigenvalue weighted by Crippen LogP contribution is 2.73. The Bertz CT molecular complexity index is 612. The number of ether oxygens (including phenoxy) is 3. The fraction of sp³-hybridized carbons (Fsp3) is 0.938. The fourth-order valence-electron chi connectivity index (χ4n) is 5.38. The standard InChI is InChI=1S/C16H24O10/c1-14-3-7(19)6-2-16(14,15(6,5-18)13(23)26-14)25-12-11(22)10(21)9(20)8(4-17)24-12/h6-12,17-22H,2-5H2,1H3/t6-,7-,8+,9+,10-,11+,12-,14-,15-,16-/m0/s1. The molecule has 0 radical (unpaired) electrons. The summed E-state index contributed by atoms with van der Waals surface area (Å²) in [7, 11) is 0. The molecule has 0 unspecified atom stereocenters. The fourth-order valence-corrected chi connectivity index (χ4v) is 5.38. The van der Waals surface area contributed by atoms with Crippen LogP contribution in [0, 0.1) is 11.3 Å². The van der Waals surface area contributed by atoms with Crippen molar-refractivity contribution in [2.24, 2.45) is 11.3 Å². The highest BCUT2D eigenvalue weighted by molar-refractivity contribution is 5.86. The lowest BCUT2D eigenvalue weighted by atomic mass is 9.41. The van der Waals surface area contributed by atoms with Gasteiger partial charge in [0.2, 0.25) is 0 Å². The average Bonchev–Trinajstić information content (AvgIpc) is 2.64.